The Labute approximate surface area is 140 Å². The van der Waals surface area contributed by atoms with Gasteiger partial charge in [-0.3, -0.25) is 9.89 Å². The van der Waals surface area contributed by atoms with Crippen LogP contribution in [-0.4, -0.2) is 14.6 Å². The van der Waals surface area contributed by atoms with Crippen LogP contribution in [0.2, 0.25) is 0 Å². The first-order valence-electron chi connectivity index (χ1n) is 8.62. The Hall–Kier alpha value is -2.40. The van der Waals surface area contributed by atoms with Crippen LogP contribution in [0.25, 0.3) is 5.65 Å². The van der Waals surface area contributed by atoms with Gasteiger partial charge in [0.05, 0.1) is 5.69 Å². The molecule has 0 amide bonds. The summed E-state index contributed by atoms with van der Waals surface area (Å²) in [7, 11) is 0. The molecule has 0 radical (unpaired) electrons. The highest BCUT2D eigenvalue weighted by Gasteiger charge is 2.12. The average molecular weight is 322 g/mol. The van der Waals surface area contributed by atoms with Gasteiger partial charge in [0.1, 0.15) is 0 Å². The van der Waals surface area contributed by atoms with E-state index in [1.165, 1.54) is 46.9 Å². The monoisotopic (exact) mass is 322 g/mol. The minimum absolute atomic E-state index is 0.0803. The van der Waals surface area contributed by atoms with Crippen molar-refractivity contribution in [1.82, 2.24) is 19.9 Å². The van der Waals surface area contributed by atoms with Gasteiger partial charge in [0.2, 0.25) is 0 Å². The van der Waals surface area contributed by atoms with Gasteiger partial charge in [0.15, 0.2) is 5.65 Å². The molecule has 0 spiro atoms. The largest absolute Gasteiger partial charge is 0.305 e. The van der Waals surface area contributed by atoms with Crippen LogP contribution in [0.15, 0.2) is 41.3 Å². The van der Waals surface area contributed by atoms with E-state index in [4.69, 9.17) is 0 Å². The SMILES string of the molecule is CC(NCc1cc(=O)n2[nH]ccc2n1)c1ccc2c(c1)CCCC2. The molecule has 0 saturated heterocycles. The van der Waals surface area contributed by atoms with E-state index in [0.717, 1.165) is 5.69 Å². The van der Waals surface area contributed by atoms with Gasteiger partial charge in [0.25, 0.3) is 5.56 Å². The normalized spacial score (nSPS) is 15.4. The lowest BCUT2D eigenvalue weighted by Crippen LogP contribution is -2.22. The quantitative estimate of drug-likeness (QED) is 0.776. The highest BCUT2D eigenvalue weighted by atomic mass is 16.1. The Balaban J connectivity index is 1.49. The summed E-state index contributed by atoms with van der Waals surface area (Å²) in [6.45, 7) is 2.74. The molecule has 0 fully saturated rings. The number of nitrogens with one attached hydrogen (secondary N) is 2. The van der Waals surface area contributed by atoms with Gasteiger partial charge < -0.3 is 5.32 Å². The summed E-state index contributed by atoms with van der Waals surface area (Å²) in [5.74, 6) is 0. The molecule has 2 heterocycles. The Morgan fingerprint density at radius 1 is 1.21 bits per heavy atom. The molecule has 0 bridgehead atoms. The first-order chi connectivity index (χ1) is 11.7. The summed E-state index contributed by atoms with van der Waals surface area (Å²) >= 11 is 0. The summed E-state index contributed by atoms with van der Waals surface area (Å²) in [6, 6.07) is 10.4. The number of aromatic nitrogens is 3. The fourth-order valence-corrected chi connectivity index (χ4v) is 3.47. The number of rotatable bonds is 4. The number of hydrogen-bond acceptors (Lipinski definition) is 3. The maximum Gasteiger partial charge on any atom is 0.272 e. The minimum Gasteiger partial charge on any atom is -0.305 e. The van der Waals surface area contributed by atoms with Crippen molar-refractivity contribution in [3.8, 4) is 0 Å². The number of benzene rings is 1. The number of nitrogens with zero attached hydrogens (tertiary/aromatic N) is 2. The Morgan fingerprint density at radius 2 is 2.04 bits per heavy atom. The highest BCUT2D eigenvalue weighted by Crippen LogP contribution is 2.24. The van der Waals surface area contributed by atoms with E-state index in [1.807, 2.05) is 0 Å². The second kappa shape index (κ2) is 6.24. The van der Waals surface area contributed by atoms with E-state index < -0.39 is 0 Å². The third kappa shape index (κ3) is 2.87. The molecule has 3 aromatic rings. The summed E-state index contributed by atoms with van der Waals surface area (Å²) in [4.78, 5) is 16.5. The van der Waals surface area contributed by atoms with E-state index >= 15 is 0 Å². The zero-order chi connectivity index (χ0) is 16.5. The van der Waals surface area contributed by atoms with Gasteiger partial charge in [-0.2, -0.15) is 0 Å². The third-order valence-electron chi connectivity index (χ3n) is 4.90. The number of aryl methyl sites for hydroxylation is 2. The van der Waals surface area contributed by atoms with Crippen molar-refractivity contribution in [2.75, 3.05) is 0 Å². The van der Waals surface area contributed by atoms with E-state index in [1.54, 1.807) is 18.3 Å². The van der Waals surface area contributed by atoms with Crippen LogP contribution >= 0.6 is 0 Å². The molecule has 0 aliphatic heterocycles. The van der Waals surface area contributed by atoms with Crippen molar-refractivity contribution < 1.29 is 0 Å². The summed E-state index contributed by atoms with van der Waals surface area (Å²) in [6.07, 6.45) is 6.73. The molecule has 0 saturated carbocycles. The van der Waals surface area contributed by atoms with Crippen molar-refractivity contribution in [3.63, 3.8) is 0 Å². The molecule has 5 nitrogen and oxygen atoms in total. The predicted octanol–water partition coefficient (Wildman–Crippen LogP) is 2.75. The fraction of sp³-hybridized carbons (Fsp3) is 0.368. The summed E-state index contributed by atoms with van der Waals surface area (Å²) in [5, 5.41) is 6.34. The number of aromatic amines is 1. The average Bonchev–Trinajstić information content (AvgIpc) is 3.08. The van der Waals surface area contributed by atoms with Crippen molar-refractivity contribution in [3.05, 3.63) is 69.3 Å². The van der Waals surface area contributed by atoms with Gasteiger partial charge in [-0.1, -0.05) is 18.2 Å². The van der Waals surface area contributed by atoms with Crippen LogP contribution in [0, 0.1) is 0 Å². The number of fused-ring (bicyclic) bond motifs is 2. The highest BCUT2D eigenvalue weighted by molar-refractivity contribution is 5.37. The van der Waals surface area contributed by atoms with Gasteiger partial charge in [0, 0.05) is 30.9 Å². The lowest BCUT2D eigenvalue weighted by molar-refractivity contribution is 0.565. The van der Waals surface area contributed by atoms with Crippen molar-refractivity contribution in [2.24, 2.45) is 0 Å². The molecule has 124 valence electrons. The van der Waals surface area contributed by atoms with E-state index in [-0.39, 0.29) is 11.6 Å². The van der Waals surface area contributed by atoms with Crippen LogP contribution in [0.5, 0.6) is 0 Å². The molecule has 24 heavy (non-hydrogen) atoms. The van der Waals surface area contributed by atoms with Gasteiger partial charge in [-0.15, -0.1) is 0 Å². The molecular formula is C19H22N4O. The molecule has 1 atom stereocenters. The smallest absolute Gasteiger partial charge is 0.272 e. The van der Waals surface area contributed by atoms with Crippen LogP contribution in [0.4, 0.5) is 0 Å². The van der Waals surface area contributed by atoms with Gasteiger partial charge >= 0.3 is 0 Å². The maximum atomic E-state index is 12.0. The van der Waals surface area contributed by atoms with Crippen molar-refractivity contribution in [1.29, 1.82) is 0 Å². The standard InChI is InChI=1S/C19H22N4O/c1-13(15-7-6-14-4-2-3-5-16(14)10-15)20-12-17-11-19(24)23-18(22-17)8-9-21-23/h6-11,13,20-21H,2-5,12H2,1H3. The van der Waals surface area contributed by atoms with Crippen molar-refractivity contribution in [2.45, 2.75) is 45.2 Å². The van der Waals surface area contributed by atoms with E-state index in [2.05, 4.69) is 40.5 Å². The third-order valence-corrected chi connectivity index (χ3v) is 4.90. The Kier molecular flexibility index (Phi) is 3.94. The second-order valence-corrected chi connectivity index (χ2v) is 6.58. The maximum absolute atomic E-state index is 12.0. The predicted molar refractivity (Wildman–Crippen MR) is 94.2 cm³/mol. The van der Waals surface area contributed by atoms with E-state index in [9.17, 15) is 4.79 Å². The van der Waals surface area contributed by atoms with Crippen LogP contribution in [0.1, 0.15) is 48.2 Å². The zero-order valence-corrected chi connectivity index (χ0v) is 13.9. The lowest BCUT2D eigenvalue weighted by Gasteiger charge is -2.20. The van der Waals surface area contributed by atoms with Crippen LogP contribution in [0.3, 0.4) is 0 Å². The van der Waals surface area contributed by atoms with Gasteiger partial charge in [-0.05, 0) is 49.3 Å². The van der Waals surface area contributed by atoms with Crippen molar-refractivity contribution >= 4 is 5.65 Å². The molecule has 2 N–H and O–H groups in total. The minimum atomic E-state index is -0.0803. The molecule has 5 heteroatoms. The second-order valence-electron chi connectivity index (χ2n) is 6.58. The lowest BCUT2D eigenvalue weighted by atomic mass is 9.89. The number of H-pyrrole nitrogens is 1. The zero-order valence-electron chi connectivity index (χ0n) is 13.9. The first-order valence-corrected chi connectivity index (χ1v) is 8.62. The van der Waals surface area contributed by atoms with E-state index in [0.29, 0.717) is 12.2 Å². The molecule has 2 aromatic heterocycles. The van der Waals surface area contributed by atoms with Crippen LogP contribution in [-0.2, 0) is 19.4 Å². The first kappa shape index (κ1) is 15.1. The topological polar surface area (TPSA) is 62.2 Å². The fourth-order valence-electron chi connectivity index (χ4n) is 3.47. The Morgan fingerprint density at radius 3 is 2.92 bits per heavy atom. The van der Waals surface area contributed by atoms with Crippen LogP contribution < -0.4 is 10.9 Å². The Bertz CT molecular complexity index is 925. The molecule has 1 aliphatic rings. The molecule has 4 rings (SSSR count). The molecule has 1 aromatic carbocycles. The molecule has 1 unspecified atom stereocenters. The number of hydrogen-bond donors (Lipinski definition) is 2. The van der Waals surface area contributed by atoms with Gasteiger partial charge in [-0.25, -0.2) is 9.50 Å². The summed E-state index contributed by atoms with van der Waals surface area (Å²) < 4.78 is 1.44. The molecule has 1 aliphatic carbocycles. The molecular weight excluding hydrogens is 300 g/mol. The summed E-state index contributed by atoms with van der Waals surface area (Å²) in [5.41, 5.74) is 5.64.